The zero-order valence-corrected chi connectivity index (χ0v) is 12.0. The number of benzene rings is 2. The molecule has 0 aliphatic carbocycles. The Balaban J connectivity index is 2.27. The average Bonchev–Trinajstić information content (AvgIpc) is 2.54. The lowest BCUT2D eigenvalue weighted by Crippen LogP contribution is -2.31. The van der Waals surface area contributed by atoms with Crippen molar-refractivity contribution in [1.29, 1.82) is 0 Å². The number of hydrogen-bond donors (Lipinski definition) is 1. The van der Waals surface area contributed by atoms with E-state index in [4.69, 9.17) is 4.74 Å². The van der Waals surface area contributed by atoms with Crippen molar-refractivity contribution in [2.24, 2.45) is 0 Å². The molecule has 21 heavy (non-hydrogen) atoms. The third-order valence-electron chi connectivity index (χ3n) is 2.95. The van der Waals surface area contributed by atoms with E-state index < -0.39 is 22.2 Å². The molecular weight excluding hydrogens is 298 g/mol. The predicted molar refractivity (Wildman–Crippen MR) is 75.8 cm³/mol. The number of halogens is 2. The summed E-state index contributed by atoms with van der Waals surface area (Å²) in [5.41, 5.74) is -0.0231. The summed E-state index contributed by atoms with van der Waals surface area (Å²) in [5, 5.41) is 6.06. The Kier molecular flexibility index (Phi) is 4.69. The van der Waals surface area contributed by atoms with Crippen LogP contribution in [0, 0.1) is 0 Å². The van der Waals surface area contributed by atoms with Crippen LogP contribution in [0.1, 0.15) is 11.7 Å². The number of methoxy groups -OCH3 is 1. The third kappa shape index (κ3) is 3.28. The fourth-order valence-electron chi connectivity index (χ4n) is 1.78. The van der Waals surface area contributed by atoms with Crippen molar-refractivity contribution in [2.75, 3.05) is 7.11 Å². The summed E-state index contributed by atoms with van der Waals surface area (Å²) in [4.78, 5) is -0.0324. The highest BCUT2D eigenvalue weighted by molar-refractivity contribution is 7.86. The zero-order chi connectivity index (χ0) is 15.5. The Morgan fingerprint density at radius 1 is 1.10 bits per heavy atom. The van der Waals surface area contributed by atoms with Gasteiger partial charge in [0, 0.05) is 4.90 Å². The van der Waals surface area contributed by atoms with Gasteiger partial charge in [0.15, 0.2) is 6.10 Å². The van der Waals surface area contributed by atoms with Crippen LogP contribution >= 0.6 is 0 Å². The first kappa shape index (κ1) is 15.6. The first-order chi connectivity index (χ1) is 9.96. The van der Waals surface area contributed by atoms with Crippen LogP contribution in [-0.4, -0.2) is 21.7 Å². The number of aliphatic hydroxyl groups excluding tert-OH is 1. The van der Waals surface area contributed by atoms with Gasteiger partial charge in [-0.25, -0.2) is 4.21 Å². The largest absolute Gasteiger partial charge is 0.497 e. The number of aliphatic hydroxyl groups is 1. The fraction of sp³-hybridized carbons (Fsp3) is 0.200. The van der Waals surface area contributed by atoms with E-state index in [1.807, 2.05) is 0 Å². The Morgan fingerprint density at radius 2 is 1.67 bits per heavy atom. The minimum Gasteiger partial charge on any atom is -0.497 e. The second-order valence-corrected chi connectivity index (χ2v) is 5.87. The molecule has 0 fully saturated rings. The fourth-order valence-corrected chi connectivity index (χ4v) is 2.84. The van der Waals surface area contributed by atoms with Crippen molar-refractivity contribution in [1.82, 2.24) is 0 Å². The van der Waals surface area contributed by atoms with Gasteiger partial charge in [0.2, 0.25) is 0 Å². The van der Waals surface area contributed by atoms with Crippen molar-refractivity contribution in [3.63, 3.8) is 0 Å². The normalized spacial score (nSPS) is 14.5. The average molecular weight is 312 g/mol. The molecule has 0 bridgehead atoms. The zero-order valence-electron chi connectivity index (χ0n) is 11.2. The van der Waals surface area contributed by atoms with Gasteiger partial charge in [0.1, 0.15) is 16.5 Å². The lowest BCUT2D eigenvalue weighted by atomic mass is 10.1. The van der Waals surface area contributed by atoms with Crippen molar-refractivity contribution < 1.29 is 22.8 Å². The maximum atomic E-state index is 14.2. The Morgan fingerprint density at radius 3 is 2.19 bits per heavy atom. The highest BCUT2D eigenvalue weighted by atomic mass is 32.2. The summed E-state index contributed by atoms with van der Waals surface area (Å²) in [6.45, 7) is 0. The lowest BCUT2D eigenvalue weighted by Gasteiger charge is -2.22. The molecule has 2 aromatic rings. The van der Waals surface area contributed by atoms with E-state index in [2.05, 4.69) is 0 Å². The monoisotopic (exact) mass is 312 g/mol. The Hall–Kier alpha value is -1.79. The summed E-state index contributed by atoms with van der Waals surface area (Å²) in [6, 6.07) is 12.9. The van der Waals surface area contributed by atoms with Crippen LogP contribution in [0.3, 0.4) is 0 Å². The molecule has 0 amide bonds. The maximum absolute atomic E-state index is 14.2. The first-order valence-electron chi connectivity index (χ1n) is 6.13. The van der Waals surface area contributed by atoms with Crippen molar-refractivity contribution in [3.8, 4) is 5.75 Å². The van der Waals surface area contributed by atoms with Gasteiger partial charge in [0.25, 0.3) is 0 Å². The van der Waals surface area contributed by atoms with Crippen LogP contribution in [0.25, 0.3) is 0 Å². The number of rotatable bonds is 5. The second kappa shape index (κ2) is 6.32. The van der Waals surface area contributed by atoms with Crippen LogP contribution in [0.2, 0.25) is 0 Å². The third-order valence-corrected chi connectivity index (χ3v) is 4.37. The van der Waals surface area contributed by atoms with Gasteiger partial charge in [0.05, 0.1) is 7.11 Å². The summed E-state index contributed by atoms with van der Waals surface area (Å²) >= 11 is 0. The van der Waals surface area contributed by atoms with Gasteiger partial charge in [-0.3, -0.25) is 0 Å². The molecule has 2 rings (SSSR count). The predicted octanol–water partition coefficient (Wildman–Crippen LogP) is 3.13. The SMILES string of the molecule is COc1ccc(C(O)C(F)(F)S(=O)c2ccccc2)cc1. The van der Waals surface area contributed by atoms with E-state index in [1.165, 1.54) is 55.6 Å². The standard InChI is InChI=1S/C15H14F2O3S/c1-20-12-9-7-11(8-10-12)14(18)15(16,17)21(19)13-5-3-2-4-6-13/h2-10,14,18H,1H3. The second-order valence-electron chi connectivity index (χ2n) is 4.32. The highest BCUT2D eigenvalue weighted by Crippen LogP contribution is 2.37. The molecule has 0 radical (unpaired) electrons. The van der Waals surface area contributed by atoms with E-state index in [0.29, 0.717) is 5.75 Å². The molecule has 3 nitrogen and oxygen atoms in total. The molecule has 2 unspecified atom stereocenters. The first-order valence-corrected chi connectivity index (χ1v) is 7.28. The van der Waals surface area contributed by atoms with Crippen LogP contribution in [-0.2, 0) is 10.8 Å². The van der Waals surface area contributed by atoms with Crippen LogP contribution < -0.4 is 4.74 Å². The van der Waals surface area contributed by atoms with Crippen molar-refractivity contribution in [3.05, 3.63) is 60.2 Å². The van der Waals surface area contributed by atoms with Crippen molar-refractivity contribution in [2.45, 2.75) is 16.3 Å². The molecule has 0 heterocycles. The molecule has 0 aliphatic heterocycles. The van der Waals surface area contributed by atoms with Gasteiger partial charge in [-0.2, -0.15) is 8.78 Å². The van der Waals surface area contributed by atoms with Crippen LogP contribution in [0.4, 0.5) is 8.78 Å². The van der Waals surface area contributed by atoms with Gasteiger partial charge >= 0.3 is 5.25 Å². The van der Waals surface area contributed by atoms with E-state index >= 15 is 0 Å². The number of alkyl halides is 2. The van der Waals surface area contributed by atoms with E-state index in [9.17, 15) is 18.1 Å². The van der Waals surface area contributed by atoms with Gasteiger partial charge in [-0.15, -0.1) is 0 Å². The summed E-state index contributed by atoms with van der Waals surface area (Å²) in [7, 11) is -1.20. The molecule has 2 atom stereocenters. The molecule has 1 N–H and O–H groups in total. The smallest absolute Gasteiger partial charge is 0.354 e. The van der Waals surface area contributed by atoms with E-state index in [1.54, 1.807) is 6.07 Å². The number of ether oxygens (including phenoxy) is 1. The molecule has 6 heteroatoms. The molecule has 0 saturated carbocycles. The summed E-state index contributed by atoms with van der Waals surface area (Å²) < 4.78 is 45.3. The molecule has 2 aromatic carbocycles. The topological polar surface area (TPSA) is 46.5 Å². The summed E-state index contributed by atoms with van der Waals surface area (Å²) in [5.74, 6) is 0.485. The maximum Gasteiger partial charge on any atom is 0.354 e. The molecule has 0 spiro atoms. The van der Waals surface area contributed by atoms with E-state index in [-0.39, 0.29) is 10.5 Å². The highest BCUT2D eigenvalue weighted by Gasteiger charge is 2.46. The van der Waals surface area contributed by atoms with Gasteiger partial charge in [-0.1, -0.05) is 30.3 Å². The Labute approximate surface area is 123 Å². The lowest BCUT2D eigenvalue weighted by molar-refractivity contribution is -0.0397. The van der Waals surface area contributed by atoms with Gasteiger partial charge < -0.3 is 9.84 Å². The van der Waals surface area contributed by atoms with Crippen molar-refractivity contribution >= 4 is 10.8 Å². The molecule has 0 aliphatic rings. The minimum atomic E-state index is -3.80. The Bertz CT molecular complexity index is 615. The molecule has 112 valence electrons. The number of hydrogen-bond acceptors (Lipinski definition) is 3. The minimum absolute atomic E-state index is 0.0231. The van der Waals surface area contributed by atoms with E-state index in [0.717, 1.165) is 0 Å². The van der Waals surface area contributed by atoms with Gasteiger partial charge in [-0.05, 0) is 29.8 Å². The molecule has 0 saturated heterocycles. The molecule has 0 aromatic heterocycles. The summed E-state index contributed by atoms with van der Waals surface area (Å²) in [6.07, 6.45) is -2.16. The van der Waals surface area contributed by atoms with Crippen LogP contribution in [0.15, 0.2) is 59.5 Å². The molecular formula is C15H14F2O3S. The van der Waals surface area contributed by atoms with Crippen LogP contribution in [0.5, 0.6) is 5.75 Å². The quantitative estimate of drug-likeness (QED) is 0.922.